The fourth-order valence-corrected chi connectivity index (χ4v) is 0.569. The van der Waals surface area contributed by atoms with E-state index in [-0.39, 0.29) is 32.7 Å². The molecule has 1 radical (unpaired) electrons. The number of methoxy groups -OCH3 is 1. The van der Waals surface area contributed by atoms with E-state index in [2.05, 4.69) is 4.74 Å². The van der Waals surface area contributed by atoms with Crippen molar-refractivity contribution in [1.29, 1.82) is 0 Å². The Hall–Kier alpha value is 0.984. The first-order valence-corrected chi connectivity index (χ1v) is 3.42. The maximum absolute atomic E-state index is 5.03. The molecule has 2 aliphatic rings. The van der Waals surface area contributed by atoms with Crippen molar-refractivity contribution < 1.29 is 46.9 Å². The Kier molecular flexibility index (Phi) is 7.08. The Labute approximate surface area is 92.6 Å². The molecular formula is C7H13O3Y-. The van der Waals surface area contributed by atoms with Gasteiger partial charge in [0.05, 0.1) is 12.7 Å². The first-order valence-electron chi connectivity index (χ1n) is 3.42. The number of hydrogen-bond donors (Lipinski definition) is 0. The van der Waals surface area contributed by atoms with Gasteiger partial charge in [-0.3, -0.25) is 0 Å². The van der Waals surface area contributed by atoms with Crippen LogP contribution in [0.2, 0.25) is 0 Å². The van der Waals surface area contributed by atoms with Gasteiger partial charge in [-0.05, 0) is 6.92 Å². The Morgan fingerprint density at radius 1 is 1.64 bits per heavy atom. The van der Waals surface area contributed by atoms with Gasteiger partial charge in [0.15, 0.2) is 0 Å². The van der Waals surface area contributed by atoms with Crippen LogP contribution < -0.4 is 0 Å². The zero-order valence-electron chi connectivity index (χ0n) is 6.95. The fourth-order valence-electron chi connectivity index (χ4n) is 0.569. The number of ether oxygens (including phenoxy) is 3. The van der Waals surface area contributed by atoms with Crippen molar-refractivity contribution in [2.75, 3.05) is 20.3 Å². The molecule has 2 atom stereocenters. The summed E-state index contributed by atoms with van der Waals surface area (Å²) >= 11 is 0. The van der Waals surface area contributed by atoms with E-state index in [1.54, 1.807) is 13.7 Å². The van der Waals surface area contributed by atoms with Crippen molar-refractivity contribution in [2.45, 2.75) is 19.1 Å². The molecule has 63 valence electrons. The predicted molar refractivity (Wildman–Crippen MR) is 36.5 cm³/mol. The zero-order valence-corrected chi connectivity index (χ0v) is 9.79. The van der Waals surface area contributed by atoms with Gasteiger partial charge in [0.1, 0.15) is 6.10 Å². The largest absolute Gasteiger partial charge is 0.574 e. The number of hydrogen-bond acceptors (Lipinski definition) is 3. The maximum atomic E-state index is 5.03. The summed E-state index contributed by atoms with van der Waals surface area (Å²) in [5, 5.41) is 0. The van der Waals surface area contributed by atoms with Gasteiger partial charge in [-0.15, -0.1) is 0 Å². The third-order valence-corrected chi connectivity index (χ3v) is 1.33. The summed E-state index contributed by atoms with van der Waals surface area (Å²) in [6.07, 6.45) is 0.838. The quantitative estimate of drug-likeness (QED) is 0.518. The first-order chi connectivity index (χ1) is 4.84. The number of rotatable bonds is 2. The summed E-state index contributed by atoms with van der Waals surface area (Å²) in [5.41, 5.74) is 0. The molecule has 2 aliphatic heterocycles. The first kappa shape index (κ1) is 12.0. The molecule has 0 aromatic carbocycles. The Balaban J connectivity index is 0.000000212. The molecule has 0 saturated carbocycles. The molecule has 11 heavy (non-hydrogen) atoms. The van der Waals surface area contributed by atoms with E-state index in [4.69, 9.17) is 9.47 Å². The number of epoxide rings is 2. The van der Waals surface area contributed by atoms with Crippen molar-refractivity contribution in [2.24, 2.45) is 0 Å². The summed E-state index contributed by atoms with van der Waals surface area (Å²) in [7, 11) is 1.69. The fraction of sp³-hybridized carbons (Fsp3) is 0.857. The second-order valence-electron chi connectivity index (χ2n) is 2.33. The predicted octanol–water partition coefficient (Wildman–Crippen LogP) is 0.596. The standard InChI is InChI=1S/C5H10O2.C2H3O.Y/c1-4-5(7-4)3-6-2;1-2-3-1;/h4-5H,3H2,1-2H3;1H,2H2;/q;-1;. The van der Waals surface area contributed by atoms with Gasteiger partial charge in [-0.1, -0.05) is 6.61 Å². The third-order valence-electron chi connectivity index (χ3n) is 1.33. The van der Waals surface area contributed by atoms with Crippen LogP contribution in [0.15, 0.2) is 0 Å². The van der Waals surface area contributed by atoms with Crippen LogP contribution in [0.4, 0.5) is 0 Å². The zero-order chi connectivity index (χ0) is 7.40. The molecule has 2 fully saturated rings. The Morgan fingerprint density at radius 2 is 2.09 bits per heavy atom. The molecule has 3 nitrogen and oxygen atoms in total. The van der Waals surface area contributed by atoms with E-state index in [1.165, 1.54) is 0 Å². The molecule has 2 unspecified atom stereocenters. The topological polar surface area (TPSA) is 34.3 Å². The van der Waals surface area contributed by atoms with Crippen LogP contribution in [0, 0.1) is 6.61 Å². The van der Waals surface area contributed by atoms with Gasteiger partial charge in [0, 0.05) is 39.8 Å². The molecule has 2 saturated heterocycles. The smallest absolute Gasteiger partial charge is 0.107 e. The molecule has 0 amide bonds. The van der Waals surface area contributed by atoms with Crippen LogP contribution in [-0.2, 0) is 46.9 Å². The van der Waals surface area contributed by atoms with Crippen molar-refractivity contribution in [3.05, 3.63) is 6.61 Å². The molecule has 2 rings (SSSR count). The Morgan fingerprint density at radius 3 is 2.18 bits per heavy atom. The van der Waals surface area contributed by atoms with Gasteiger partial charge in [-0.2, -0.15) is 6.61 Å². The van der Waals surface area contributed by atoms with Crippen LogP contribution in [0.1, 0.15) is 6.92 Å². The molecule has 0 spiro atoms. The summed E-state index contributed by atoms with van der Waals surface area (Å²) in [6, 6.07) is 0. The van der Waals surface area contributed by atoms with Gasteiger partial charge in [0.2, 0.25) is 0 Å². The monoisotopic (exact) mass is 234 g/mol. The molecule has 0 N–H and O–H groups in total. The van der Waals surface area contributed by atoms with E-state index < -0.39 is 0 Å². The van der Waals surface area contributed by atoms with E-state index >= 15 is 0 Å². The summed E-state index contributed by atoms with van der Waals surface area (Å²) in [4.78, 5) is 0. The molecule has 2 heterocycles. The third kappa shape index (κ3) is 7.35. The minimum atomic E-state index is 0. The molecule has 0 bridgehead atoms. The van der Waals surface area contributed by atoms with E-state index in [1.807, 2.05) is 6.92 Å². The van der Waals surface area contributed by atoms with Crippen molar-refractivity contribution >= 4 is 0 Å². The minimum Gasteiger partial charge on any atom is -0.574 e. The summed E-state index contributed by atoms with van der Waals surface area (Å²) in [6.45, 7) is 5.42. The molecular weight excluding hydrogens is 221 g/mol. The van der Waals surface area contributed by atoms with Crippen LogP contribution in [0.5, 0.6) is 0 Å². The minimum absolute atomic E-state index is 0. The van der Waals surface area contributed by atoms with Crippen LogP contribution >= 0.6 is 0 Å². The van der Waals surface area contributed by atoms with Gasteiger partial charge >= 0.3 is 0 Å². The van der Waals surface area contributed by atoms with E-state index in [9.17, 15) is 0 Å². The maximum Gasteiger partial charge on any atom is 0.107 e. The molecule has 0 aromatic heterocycles. The van der Waals surface area contributed by atoms with Crippen LogP contribution in [0.25, 0.3) is 0 Å². The Bertz CT molecular complexity index is 94.9. The summed E-state index contributed by atoms with van der Waals surface area (Å²) in [5.74, 6) is 0. The van der Waals surface area contributed by atoms with Gasteiger partial charge in [0.25, 0.3) is 0 Å². The van der Waals surface area contributed by atoms with Gasteiger partial charge in [-0.25, -0.2) is 0 Å². The summed E-state index contributed by atoms with van der Waals surface area (Å²) < 4.78 is 14.2. The van der Waals surface area contributed by atoms with Crippen LogP contribution in [-0.4, -0.2) is 32.5 Å². The van der Waals surface area contributed by atoms with Crippen LogP contribution in [0.3, 0.4) is 0 Å². The average molecular weight is 234 g/mol. The van der Waals surface area contributed by atoms with E-state index in [0.29, 0.717) is 12.2 Å². The van der Waals surface area contributed by atoms with E-state index in [0.717, 1.165) is 13.2 Å². The normalized spacial score (nSPS) is 31.1. The average Bonchev–Trinajstić information content (AvgIpc) is 2.66. The van der Waals surface area contributed by atoms with Crippen molar-refractivity contribution in [1.82, 2.24) is 0 Å². The SMILES string of the molecule is COCC1OC1C.[CH-]1CO1.[Y]. The van der Waals surface area contributed by atoms with Crippen molar-refractivity contribution in [3.8, 4) is 0 Å². The second-order valence-corrected chi connectivity index (χ2v) is 2.33. The van der Waals surface area contributed by atoms with Crippen molar-refractivity contribution in [3.63, 3.8) is 0 Å². The molecule has 4 heteroatoms. The second kappa shape index (κ2) is 6.49. The molecule has 0 aromatic rings. The van der Waals surface area contributed by atoms with Gasteiger partial charge < -0.3 is 14.2 Å². The molecule has 0 aliphatic carbocycles.